The van der Waals surface area contributed by atoms with Gasteiger partial charge in [0.1, 0.15) is 12.4 Å². The van der Waals surface area contributed by atoms with E-state index in [1.165, 1.54) is 0 Å². The van der Waals surface area contributed by atoms with Crippen molar-refractivity contribution in [2.45, 2.75) is 19.4 Å². The fourth-order valence-corrected chi connectivity index (χ4v) is 1.33. The summed E-state index contributed by atoms with van der Waals surface area (Å²) < 4.78 is 5.21. The Kier molecular flexibility index (Phi) is 6.27. The molecule has 0 fully saturated rings. The summed E-state index contributed by atoms with van der Waals surface area (Å²) in [6.45, 7) is 2.31. The number of urea groups is 1. The van der Waals surface area contributed by atoms with Crippen molar-refractivity contribution in [3.05, 3.63) is 24.3 Å². The highest BCUT2D eigenvalue weighted by Crippen LogP contribution is 2.15. The Hall–Kier alpha value is -2.19. The highest BCUT2D eigenvalue weighted by atomic mass is 16.5. The lowest BCUT2D eigenvalue weighted by Crippen LogP contribution is -2.30. The molecule has 1 aromatic carbocycles. The molecule has 1 rings (SSSR count). The molecule has 0 saturated heterocycles. The molecule has 0 spiro atoms. The van der Waals surface area contributed by atoms with Crippen molar-refractivity contribution in [3.8, 4) is 18.1 Å². The zero-order chi connectivity index (χ0) is 14.1. The predicted octanol–water partition coefficient (Wildman–Crippen LogP) is 1.59. The first kappa shape index (κ1) is 14.9. The van der Waals surface area contributed by atoms with Crippen molar-refractivity contribution < 1.29 is 14.6 Å². The van der Waals surface area contributed by atoms with E-state index in [9.17, 15) is 4.79 Å². The molecule has 0 radical (unpaired) electrons. The van der Waals surface area contributed by atoms with Gasteiger partial charge < -0.3 is 20.5 Å². The zero-order valence-electron chi connectivity index (χ0n) is 10.8. The van der Waals surface area contributed by atoms with Gasteiger partial charge in [0.15, 0.2) is 0 Å². The van der Waals surface area contributed by atoms with Crippen molar-refractivity contribution in [2.75, 3.05) is 18.5 Å². The highest BCUT2D eigenvalue weighted by molar-refractivity contribution is 5.89. The molecule has 19 heavy (non-hydrogen) atoms. The van der Waals surface area contributed by atoms with Crippen molar-refractivity contribution in [1.82, 2.24) is 5.32 Å². The van der Waals surface area contributed by atoms with E-state index in [-0.39, 0.29) is 12.6 Å². The smallest absolute Gasteiger partial charge is 0.319 e. The highest BCUT2D eigenvalue weighted by Gasteiger charge is 2.02. The summed E-state index contributed by atoms with van der Waals surface area (Å²) in [5, 5.41) is 14.4. The molecule has 1 atom stereocenters. The van der Waals surface area contributed by atoms with Crippen LogP contribution in [0, 0.1) is 12.3 Å². The van der Waals surface area contributed by atoms with Crippen LogP contribution in [0.5, 0.6) is 5.75 Å². The van der Waals surface area contributed by atoms with Crippen LogP contribution in [0.15, 0.2) is 24.3 Å². The lowest BCUT2D eigenvalue weighted by atomic mass is 10.3. The van der Waals surface area contributed by atoms with E-state index in [2.05, 4.69) is 16.6 Å². The molecule has 0 aromatic heterocycles. The number of carbonyl (C=O) groups is 1. The van der Waals surface area contributed by atoms with Gasteiger partial charge in [0, 0.05) is 12.2 Å². The van der Waals surface area contributed by atoms with Crippen molar-refractivity contribution in [1.29, 1.82) is 0 Å². The Labute approximate surface area is 113 Å². The minimum atomic E-state index is -0.423. The number of ether oxygens (including phenoxy) is 1. The summed E-state index contributed by atoms with van der Waals surface area (Å²) in [6.07, 6.45) is 5.18. The molecule has 0 aliphatic carbocycles. The minimum Gasteiger partial charge on any atom is -0.481 e. The number of carbonyl (C=O) groups excluding carboxylic acids is 1. The summed E-state index contributed by atoms with van der Waals surface area (Å²) in [7, 11) is 0. The van der Waals surface area contributed by atoms with Crippen LogP contribution in [0.25, 0.3) is 0 Å². The Bertz CT molecular complexity index is 435. The number of amides is 2. The van der Waals surface area contributed by atoms with E-state index in [0.29, 0.717) is 24.4 Å². The molecule has 0 heterocycles. The van der Waals surface area contributed by atoms with Crippen LogP contribution in [-0.2, 0) is 0 Å². The van der Waals surface area contributed by atoms with Crippen LogP contribution >= 0.6 is 0 Å². The summed E-state index contributed by atoms with van der Waals surface area (Å²) in [5.41, 5.74) is 0.655. The summed E-state index contributed by atoms with van der Waals surface area (Å²) in [4.78, 5) is 11.5. The first-order chi connectivity index (χ1) is 9.11. The maximum Gasteiger partial charge on any atom is 0.319 e. The number of aliphatic hydroxyl groups excluding tert-OH is 1. The van der Waals surface area contributed by atoms with Gasteiger partial charge in [-0.15, -0.1) is 6.42 Å². The van der Waals surface area contributed by atoms with Gasteiger partial charge in [0.2, 0.25) is 0 Å². The number of rotatable bonds is 6. The largest absolute Gasteiger partial charge is 0.481 e. The minimum absolute atomic E-state index is 0.215. The number of anilines is 1. The second kappa shape index (κ2) is 8.01. The van der Waals surface area contributed by atoms with E-state index >= 15 is 0 Å². The molecular formula is C14H18N2O3. The van der Waals surface area contributed by atoms with Gasteiger partial charge in [-0.1, -0.05) is 5.92 Å². The Balaban J connectivity index is 2.36. The first-order valence-corrected chi connectivity index (χ1v) is 6.01. The number of hydrogen-bond donors (Lipinski definition) is 3. The first-order valence-electron chi connectivity index (χ1n) is 6.01. The van der Waals surface area contributed by atoms with Crippen molar-refractivity contribution in [2.24, 2.45) is 0 Å². The van der Waals surface area contributed by atoms with Crippen molar-refractivity contribution in [3.63, 3.8) is 0 Å². The average Bonchev–Trinajstić information content (AvgIpc) is 2.37. The Morgan fingerprint density at radius 1 is 1.47 bits per heavy atom. The molecule has 5 heteroatoms. The van der Waals surface area contributed by atoms with Gasteiger partial charge in [-0.25, -0.2) is 4.79 Å². The van der Waals surface area contributed by atoms with Crippen molar-refractivity contribution >= 4 is 11.7 Å². The molecule has 102 valence electrons. The van der Waals surface area contributed by atoms with E-state index in [1.54, 1.807) is 31.2 Å². The summed E-state index contributed by atoms with van der Waals surface area (Å²) >= 11 is 0. The van der Waals surface area contributed by atoms with Gasteiger partial charge in [0.05, 0.1) is 6.10 Å². The number of benzene rings is 1. The molecular weight excluding hydrogens is 244 g/mol. The molecule has 1 unspecified atom stereocenters. The lowest BCUT2D eigenvalue weighted by Gasteiger charge is -2.09. The van der Waals surface area contributed by atoms with Crippen LogP contribution < -0.4 is 15.4 Å². The van der Waals surface area contributed by atoms with Gasteiger partial charge in [-0.3, -0.25) is 0 Å². The molecule has 1 aromatic rings. The van der Waals surface area contributed by atoms with Crippen LogP contribution in [-0.4, -0.2) is 30.4 Å². The van der Waals surface area contributed by atoms with E-state index < -0.39 is 6.10 Å². The fraction of sp³-hybridized carbons (Fsp3) is 0.357. The van der Waals surface area contributed by atoms with Gasteiger partial charge in [-0.2, -0.15) is 0 Å². The van der Waals surface area contributed by atoms with Crippen LogP contribution in [0.3, 0.4) is 0 Å². The van der Waals surface area contributed by atoms with E-state index in [1.807, 2.05) is 0 Å². The van der Waals surface area contributed by atoms with Crippen LogP contribution in [0.1, 0.15) is 13.3 Å². The molecule has 0 aliphatic rings. The zero-order valence-corrected chi connectivity index (χ0v) is 10.8. The normalized spacial score (nSPS) is 11.2. The number of terminal acetylenes is 1. The summed E-state index contributed by atoms with van der Waals surface area (Å²) in [6, 6.07) is 6.59. The number of nitrogens with one attached hydrogen (secondary N) is 2. The van der Waals surface area contributed by atoms with Gasteiger partial charge >= 0.3 is 6.03 Å². The SMILES string of the molecule is C#CCOc1ccc(NC(=O)NCCC(C)O)cc1. The third-order valence-corrected chi connectivity index (χ3v) is 2.28. The van der Waals surface area contributed by atoms with Crippen LogP contribution in [0.4, 0.5) is 10.5 Å². The topological polar surface area (TPSA) is 70.6 Å². The molecule has 5 nitrogen and oxygen atoms in total. The molecule has 0 bridgehead atoms. The fourth-order valence-electron chi connectivity index (χ4n) is 1.33. The van der Waals surface area contributed by atoms with E-state index in [0.717, 1.165) is 0 Å². The third kappa shape index (κ3) is 6.34. The predicted molar refractivity (Wildman–Crippen MR) is 74.1 cm³/mol. The van der Waals surface area contributed by atoms with Gasteiger partial charge in [-0.05, 0) is 37.6 Å². The maximum absolute atomic E-state index is 11.5. The number of aliphatic hydroxyl groups is 1. The average molecular weight is 262 g/mol. The Morgan fingerprint density at radius 2 is 2.16 bits per heavy atom. The Morgan fingerprint density at radius 3 is 2.74 bits per heavy atom. The lowest BCUT2D eigenvalue weighted by molar-refractivity contribution is 0.184. The molecule has 0 aliphatic heterocycles. The second-order valence-corrected chi connectivity index (χ2v) is 4.04. The monoisotopic (exact) mass is 262 g/mol. The quantitative estimate of drug-likeness (QED) is 0.682. The maximum atomic E-state index is 11.5. The standard InChI is InChI=1S/C14H18N2O3/c1-3-10-19-13-6-4-12(5-7-13)16-14(18)15-9-8-11(2)17/h1,4-7,11,17H,8-10H2,2H3,(H2,15,16,18). The van der Waals surface area contributed by atoms with Crippen LogP contribution in [0.2, 0.25) is 0 Å². The molecule has 2 amide bonds. The molecule has 0 saturated carbocycles. The van der Waals surface area contributed by atoms with Gasteiger partial charge in [0.25, 0.3) is 0 Å². The summed E-state index contributed by atoms with van der Waals surface area (Å²) in [5.74, 6) is 3.02. The second-order valence-electron chi connectivity index (χ2n) is 4.04. The number of hydrogen-bond acceptors (Lipinski definition) is 3. The van der Waals surface area contributed by atoms with E-state index in [4.69, 9.17) is 16.3 Å². The third-order valence-electron chi connectivity index (χ3n) is 2.28. The molecule has 3 N–H and O–H groups in total.